The molecule has 1 amide bonds. The average molecular weight is 320 g/mol. The standard InChI is InChI=1S/C17H24N2O4/c1-10(2)18-14-6-5-7-15(22)16(14)17(23)19-13(12(4)21)9-8-11(3)20/h6,13,22H,5,7-9H2,1-4H3,(H,19,23). The van der Waals surface area contributed by atoms with Crippen molar-refractivity contribution in [2.75, 3.05) is 0 Å². The molecule has 2 N–H and O–H groups in total. The van der Waals surface area contributed by atoms with Crippen molar-refractivity contribution in [3.8, 4) is 0 Å². The third kappa shape index (κ3) is 5.81. The van der Waals surface area contributed by atoms with Gasteiger partial charge in [0.05, 0.1) is 11.7 Å². The van der Waals surface area contributed by atoms with Crippen molar-refractivity contribution in [3.05, 3.63) is 23.1 Å². The Hall–Kier alpha value is -2.24. The van der Waals surface area contributed by atoms with Crippen LogP contribution in [-0.4, -0.2) is 34.3 Å². The minimum absolute atomic E-state index is 0.0288. The second-order valence-electron chi connectivity index (χ2n) is 5.89. The minimum atomic E-state index is -0.749. The van der Waals surface area contributed by atoms with E-state index in [-0.39, 0.29) is 35.7 Å². The lowest BCUT2D eigenvalue weighted by atomic mass is 9.99. The zero-order chi connectivity index (χ0) is 17.6. The molecule has 6 nitrogen and oxygen atoms in total. The Balaban J connectivity index is 2.96. The molecular formula is C17H24N2O4. The number of amides is 1. The summed E-state index contributed by atoms with van der Waals surface area (Å²) in [5.74, 6) is -0.839. The number of allylic oxidation sites excluding steroid dienone is 2. The number of nitrogens with one attached hydrogen (secondary N) is 1. The predicted octanol–water partition coefficient (Wildman–Crippen LogP) is 2.40. The fourth-order valence-corrected chi connectivity index (χ4v) is 2.27. The maximum atomic E-state index is 12.5. The number of Topliss-reactive ketones (excluding diaryl/α,β-unsaturated/α-hetero) is 2. The minimum Gasteiger partial charge on any atom is -0.511 e. The molecule has 1 atom stereocenters. The van der Waals surface area contributed by atoms with E-state index in [1.54, 1.807) is 19.9 Å². The Labute approximate surface area is 136 Å². The van der Waals surface area contributed by atoms with Crippen LogP contribution < -0.4 is 5.32 Å². The Morgan fingerprint density at radius 3 is 2.43 bits per heavy atom. The highest BCUT2D eigenvalue weighted by atomic mass is 16.3. The molecule has 1 aliphatic carbocycles. The molecule has 1 aliphatic rings. The smallest absolute Gasteiger partial charge is 0.257 e. The van der Waals surface area contributed by atoms with Crippen LogP contribution >= 0.6 is 0 Å². The lowest BCUT2D eigenvalue weighted by molar-refractivity contribution is -0.125. The van der Waals surface area contributed by atoms with E-state index in [9.17, 15) is 19.5 Å². The number of aliphatic hydroxyl groups is 1. The van der Waals surface area contributed by atoms with Gasteiger partial charge in [0.2, 0.25) is 0 Å². The predicted molar refractivity (Wildman–Crippen MR) is 88.3 cm³/mol. The van der Waals surface area contributed by atoms with E-state index >= 15 is 0 Å². The molecule has 126 valence electrons. The molecule has 0 radical (unpaired) electrons. The first-order chi connectivity index (χ1) is 10.7. The van der Waals surface area contributed by atoms with E-state index in [2.05, 4.69) is 10.3 Å². The molecule has 0 spiro atoms. The third-order valence-corrected chi connectivity index (χ3v) is 3.42. The maximum absolute atomic E-state index is 12.5. The van der Waals surface area contributed by atoms with Crippen LogP contribution in [0.3, 0.4) is 0 Å². The molecule has 0 aromatic rings. The summed E-state index contributed by atoms with van der Waals surface area (Å²) in [4.78, 5) is 39.5. The molecule has 0 saturated carbocycles. The molecule has 0 aromatic heterocycles. The lowest BCUT2D eigenvalue weighted by Crippen LogP contribution is -2.41. The highest BCUT2D eigenvalue weighted by Crippen LogP contribution is 2.25. The van der Waals surface area contributed by atoms with Gasteiger partial charge in [-0.3, -0.25) is 14.6 Å². The first-order valence-corrected chi connectivity index (χ1v) is 7.67. The molecule has 23 heavy (non-hydrogen) atoms. The average Bonchev–Trinajstić information content (AvgIpc) is 2.42. The molecule has 0 saturated heterocycles. The SMILES string of the molecule is CC(=O)CCC(NC(=O)C1=C(O)CCC=C1N=C(C)C)C(C)=O. The van der Waals surface area contributed by atoms with Crippen LogP contribution in [0.5, 0.6) is 0 Å². The summed E-state index contributed by atoms with van der Waals surface area (Å²) in [6, 6.07) is -0.749. The Morgan fingerprint density at radius 2 is 1.91 bits per heavy atom. The van der Waals surface area contributed by atoms with Crippen LogP contribution in [0, 0.1) is 0 Å². The second-order valence-corrected chi connectivity index (χ2v) is 5.89. The summed E-state index contributed by atoms with van der Waals surface area (Å²) in [6.45, 7) is 6.40. The van der Waals surface area contributed by atoms with Gasteiger partial charge in [-0.25, -0.2) is 0 Å². The van der Waals surface area contributed by atoms with Gasteiger partial charge >= 0.3 is 0 Å². The number of nitrogens with zero attached hydrogens (tertiary/aromatic N) is 1. The number of aliphatic hydroxyl groups excluding tert-OH is 1. The Morgan fingerprint density at radius 1 is 1.26 bits per heavy atom. The van der Waals surface area contributed by atoms with Crippen molar-refractivity contribution in [3.63, 3.8) is 0 Å². The summed E-state index contributed by atoms with van der Waals surface area (Å²) >= 11 is 0. The molecule has 0 aliphatic heterocycles. The summed E-state index contributed by atoms with van der Waals surface area (Å²) in [5, 5.41) is 12.7. The van der Waals surface area contributed by atoms with Gasteiger partial charge in [0.1, 0.15) is 17.1 Å². The number of aliphatic imine (C=N–C) groups is 1. The van der Waals surface area contributed by atoms with E-state index in [1.807, 2.05) is 0 Å². The molecule has 0 fully saturated rings. The number of ketones is 2. The van der Waals surface area contributed by atoms with E-state index in [0.717, 1.165) is 5.71 Å². The molecule has 6 heteroatoms. The first-order valence-electron chi connectivity index (χ1n) is 7.67. The summed E-state index contributed by atoms with van der Waals surface area (Å²) in [6.07, 6.45) is 3.22. The largest absolute Gasteiger partial charge is 0.511 e. The van der Waals surface area contributed by atoms with Crippen LogP contribution in [0.15, 0.2) is 28.1 Å². The topological polar surface area (TPSA) is 95.8 Å². The lowest BCUT2D eigenvalue weighted by Gasteiger charge is -2.20. The summed E-state index contributed by atoms with van der Waals surface area (Å²) < 4.78 is 0. The monoisotopic (exact) mass is 320 g/mol. The summed E-state index contributed by atoms with van der Waals surface area (Å²) in [7, 11) is 0. The van der Waals surface area contributed by atoms with Crippen molar-refractivity contribution in [1.82, 2.24) is 5.32 Å². The molecule has 1 unspecified atom stereocenters. The molecule has 0 heterocycles. The molecule has 0 aromatic carbocycles. The maximum Gasteiger partial charge on any atom is 0.257 e. The fraction of sp³-hybridized carbons (Fsp3) is 0.529. The second kappa shape index (κ2) is 8.41. The van der Waals surface area contributed by atoms with Crippen LogP contribution in [0.2, 0.25) is 0 Å². The van der Waals surface area contributed by atoms with Gasteiger partial charge in [-0.15, -0.1) is 0 Å². The number of hydrogen-bond acceptors (Lipinski definition) is 5. The van der Waals surface area contributed by atoms with E-state index in [1.165, 1.54) is 13.8 Å². The van der Waals surface area contributed by atoms with Gasteiger partial charge in [0, 0.05) is 18.6 Å². The van der Waals surface area contributed by atoms with Crippen molar-refractivity contribution in [2.24, 2.45) is 4.99 Å². The van der Waals surface area contributed by atoms with E-state index < -0.39 is 11.9 Å². The zero-order valence-electron chi connectivity index (χ0n) is 14.1. The summed E-state index contributed by atoms with van der Waals surface area (Å²) in [5.41, 5.74) is 1.28. The van der Waals surface area contributed by atoms with Gasteiger partial charge in [0.15, 0.2) is 5.78 Å². The number of carbonyl (C=O) groups excluding carboxylic acids is 3. The molecular weight excluding hydrogens is 296 g/mol. The zero-order valence-corrected chi connectivity index (χ0v) is 14.1. The number of rotatable bonds is 7. The van der Waals surface area contributed by atoms with Gasteiger partial charge in [-0.05, 0) is 40.5 Å². The first kappa shape index (κ1) is 18.8. The van der Waals surface area contributed by atoms with Crippen molar-refractivity contribution < 1.29 is 19.5 Å². The highest BCUT2D eigenvalue weighted by molar-refractivity contribution is 6.01. The normalized spacial score (nSPS) is 15.6. The fourth-order valence-electron chi connectivity index (χ4n) is 2.27. The van der Waals surface area contributed by atoms with Gasteiger partial charge in [-0.1, -0.05) is 6.08 Å². The van der Waals surface area contributed by atoms with Crippen LogP contribution in [-0.2, 0) is 14.4 Å². The van der Waals surface area contributed by atoms with E-state index in [0.29, 0.717) is 18.5 Å². The Kier molecular flexibility index (Phi) is 6.88. The Bertz CT molecular complexity index is 596. The van der Waals surface area contributed by atoms with Crippen molar-refractivity contribution in [1.29, 1.82) is 0 Å². The van der Waals surface area contributed by atoms with Crippen LogP contribution in [0.4, 0.5) is 0 Å². The van der Waals surface area contributed by atoms with E-state index in [4.69, 9.17) is 0 Å². The number of carbonyl (C=O) groups is 3. The van der Waals surface area contributed by atoms with Gasteiger partial charge in [0.25, 0.3) is 5.91 Å². The van der Waals surface area contributed by atoms with Crippen LogP contribution in [0.1, 0.15) is 53.4 Å². The highest BCUT2D eigenvalue weighted by Gasteiger charge is 2.26. The van der Waals surface area contributed by atoms with Gasteiger partial charge in [-0.2, -0.15) is 0 Å². The van der Waals surface area contributed by atoms with Crippen molar-refractivity contribution in [2.45, 2.75) is 59.4 Å². The van der Waals surface area contributed by atoms with Crippen molar-refractivity contribution >= 4 is 23.2 Å². The molecule has 1 rings (SSSR count). The van der Waals surface area contributed by atoms with Crippen LogP contribution in [0.25, 0.3) is 0 Å². The molecule has 0 bridgehead atoms. The number of hydrogen-bond donors (Lipinski definition) is 2. The third-order valence-electron chi connectivity index (χ3n) is 3.42. The quantitative estimate of drug-likeness (QED) is 0.704. The van der Waals surface area contributed by atoms with Gasteiger partial charge < -0.3 is 15.2 Å².